The number of hydrogen-bond donors (Lipinski definition) is 2. The van der Waals surface area contributed by atoms with E-state index in [0.29, 0.717) is 59.9 Å². The summed E-state index contributed by atoms with van der Waals surface area (Å²) in [6.07, 6.45) is 25.4. The summed E-state index contributed by atoms with van der Waals surface area (Å²) in [6, 6.07) is 9.04. The quantitative estimate of drug-likeness (QED) is 0.160. The highest BCUT2D eigenvalue weighted by atomic mass is 32.2. The highest BCUT2D eigenvalue weighted by Gasteiger charge is 2.70. The molecular formula is C55H81NO5S. The van der Waals surface area contributed by atoms with Crippen LogP contribution in [0.1, 0.15) is 168 Å². The van der Waals surface area contributed by atoms with Gasteiger partial charge < -0.3 is 19.9 Å². The number of nitrogens with one attached hydrogen (secondary N) is 1. The number of carbonyl (C=O) groups is 2. The highest BCUT2D eigenvalue weighted by Crippen LogP contribution is 2.76. The molecule has 0 aromatic heterocycles. The first-order valence-electron chi connectivity index (χ1n) is 24.9. The summed E-state index contributed by atoms with van der Waals surface area (Å²) in [5.41, 5.74) is 4.25. The molecule has 1 aromatic rings. The minimum atomic E-state index is -0.873. The van der Waals surface area contributed by atoms with E-state index in [1.165, 1.54) is 68.1 Å². The fraction of sp³-hybridized carbons (Fsp3) is 0.745. The van der Waals surface area contributed by atoms with Crippen molar-refractivity contribution in [3.63, 3.8) is 0 Å². The number of benzene rings is 1. The molecule has 7 aliphatic rings. The maximum Gasteiger partial charge on any atom is 0.338 e. The van der Waals surface area contributed by atoms with Crippen molar-refractivity contribution in [2.75, 3.05) is 26.0 Å². The lowest BCUT2D eigenvalue weighted by Gasteiger charge is -2.72. The molecule has 2 N–H and O–H groups in total. The van der Waals surface area contributed by atoms with Gasteiger partial charge in [-0.15, -0.1) is 0 Å². The van der Waals surface area contributed by atoms with Crippen LogP contribution in [0, 0.1) is 56.7 Å². The molecule has 10 atom stereocenters. The van der Waals surface area contributed by atoms with Gasteiger partial charge in [-0.3, -0.25) is 4.79 Å². The Labute approximate surface area is 379 Å². The number of aliphatic hydroxyl groups is 1. The second-order valence-electron chi connectivity index (χ2n) is 23.1. The van der Waals surface area contributed by atoms with Crippen LogP contribution in [-0.4, -0.2) is 59.4 Å². The van der Waals surface area contributed by atoms with E-state index in [0.717, 1.165) is 51.5 Å². The Morgan fingerprint density at radius 1 is 0.839 bits per heavy atom. The minimum absolute atomic E-state index is 0.00243. The highest BCUT2D eigenvalue weighted by molar-refractivity contribution is 7.99. The molecule has 342 valence electrons. The first kappa shape index (κ1) is 46.2. The summed E-state index contributed by atoms with van der Waals surface area (Å²) >= 11 is 1.98. The minimum Gasteiger partial charge on any atom is -0.465 e. The van der Waals surface area contributed by atoms with Crippen molar-refractivity contribution < 1.29 is 24.2 Å². The van der Waals surface area contributed by atoms with E-state index >= 15 is 0 Å². The number of carbonyl (C=O) groups excluding carboxylic acids is 2. The van der Waals surface area contributed by atoms with Crippen LogP contribution in [0.5, 0.6) is 0 Å². The lowest BCUT2D eigenvalue weighted by atomic mass is 9.33. The Kier molecular flexibility index (Phi) is 12.8. The van der Waals surface area contributed by atoms with E-state index in [1.807, 2.05) is 36.9 Å². The first-order valence-corrected chi connectivity index (χ1v) is 26.1. The predicted octanol–water partition coefficient (Wildman–Crippen LogP) is 12.5. The number of ether oxygens (including phenoxy) is 2. The molecule has 0 amide bonds. The van der Waals surface area contributed by atoms with E-state index in [-0.39, 0.29) is 39.8 Å². The molecule has 1 aromatic carbocycles. The third-order valence-electron chi connectivity index (χ3n) is 20.1. The van der Waals surface area contributed by atoms with Gasteiger partial charge in [0.2, 0.25) is 0 Å². The Hall–Kier alpha value is -2.35. The summed E-state index contributed by atoms with van der Waals surface area (Å²) in [4.78, 5) is 26.6. The number of fused-ring (bicyclic) bond motifs is 7. The second-order valence-corrected chi connectivity index (χ2v) is 24.2. The average molecular weight is 868 g/mol. The van der Waals surface area contributed by atoms with E-state index in [4.69, 9.17) is 9.47 Å². The number of thioether (sulfide) groups is 1. The smallest absolute Gasteiger partial charge is 0.338 e. The van der Waals surface area contributed by atoms with Crippen LogP contribution >= 0.6 is 11.8 Å². The van der Waals surface area contributed by atoms with Crippen molar-refractivity contribution in [2.45, 2.75) is 174 Å². The van der Waals surface area contributed by atoms with E-state index in [9.17, 15) is 14.7 Å². The standard InChI is InChI=1S/C55H81NO5S/c1-10-60-48(58)53(36-61-47(57)39-14-12-11-13-15-39)27-18-38(19-28-53)42-23-25-50(6)44(49(42,4)5)24-26-52(8)45(50)17-16-43-46-41(37(2)3)22-31-55(46,33-32-51(43,52)7)56-35-34-54(59)29-20-40(62-9)21-30-54/h11-15,18,23,40-41,43-46,56,59H,2,10,16-17,19-22,24-36H2,1,3-9H3/t40-,41-,43+,44-,45+,46+,50-,51+,52+,53+,54+,55-/m0/s1. The number of hydrogen-bond acceptors (Lipinski definition) is 7. The molecule has 6 nitrogen and oxygen atoms in total. The fourth-order valence-electron chi connectivity index (χ4n) is 16.4. The van der Waals surface area contributed by atoms with Crippen molar-refractivity contribution in [1.29, 1.82) is 0 Å². The van der Waals surface area contributed by atoms with Crippen LogP contribution in [-0.2, 0) is 14.3 Å². The van der Waals surface area contributed by atoms with Gasteiger partial charge in [0, 0.05) is 10.8 Å². The van der Waals surface area contributed by atoms with Gasteiger partial charge in [0.15, 0.2) is 0 Å². The largest absolute Gasteiger partial charge is 0.465 e. The molecule has 7 aliphatic carbocycles. The topological polar surface area (TPSA) is 84.9 Å². The van der Waals surface area contributed by atoms with Gasteiger partial charge in [-0.1, -0.05) is 77.1 Å². The van der Waals surface area contributed by atoms with Crippen LogP contribution in [0.25, 0.3) is 0 Å². The van der Waals surface area contributed by atoms with E-state index in [2.05, 4.69) is 71.8 Å². The van der Waals surface area contributed by atoms with Crippen molar-refractivity contribution in [2.24, 2.45) is 56.7 Å². The molecule has 0 bridgehead atoms. The van der Waals surface area contributed by atoms with Crippen molar-refractivity contribution >= 4 is 23.7 Å². The third-order valence-corrected chi connectivity index (χ3v) is 21.2. The molecular weight excluding hydrogens is 787 g/mol. The van der Waals surface area contributed by atoms with Gasteiger partial charge in [0.25, 0.3) is 0 Å². The lowest BCUT2D eigenvalue weighted by Crippen LogP contribution is -2.68. The van der Waals surface area contributed by atoms with Gasteiger partial charge in [0.05, 0.1) is 17.8 Å². The second kappa shape index (κ2) is 17.1. The van der Waals surface area contributed by atoms with Crippen LogP contribution in [0.2, 0.25) is 0 Å². The molecule has 0 spiro atoms. The molecule has 7 heteroatoms. The van der Waals surface area contributed by atoms with Crippen molar-refractivity contribution in [3.05, 3.63) is 71.3 Å². The summed E-state index contributed by atoms with van der Waals surface area (Å²) in [6.45, 7) is 23.3. The Morgan fingerprint density at radius 3 is 2.24 bits per heavy atom. The fourth-order valence-corrected chi connectivity index (χ4v) is 17.1. The predicted molar refractivity (Wildman–Crippen MR) is 254 cm³/mol. The van der Waals surface area contributed by atoms with Crippen molar-refractivity contribution in [1.82, 2.24) is 5.32 Å². The molecule has 0 saturated heterocycles. The first-order chi connectivity index (χ1) is 29.4. The molecule has 8 rings (SSSR count). The normalized spacial score (nSPS) is 42.2. The maximum absolute atomic E-state index is 13.6. The summed E-state index contributed by atoms with van der Waals surface area (Å²) in [5.74, 6) is 2.44. The zero-order chi connectivity index (χ0) is 44.3. The molecule has 0 aliphatic heterocycles. The van der Waals surface area contributed by atoms with E-state index < -0.39 is 17.0 Å². The van der Waals surface area contributed by atoms with Gasteiger partial charge in [-0.05, 0) is 210 Å². The monoisotopic (exact) mass is 868 g/mol. The zero-order valence-electron chi connectivity index (χ0n) is 39.8. The molecule has 5 saturated carbocycles. The Morgan fingerprint density at radius 2 is 1.58 bits per heavy atom. The van der Waals surface area contributed by atoms with Crippen LogP contribution in [0.4, 0.5) is 0 Å². The number of allylic oxidation sites excluding steroid dienone is 5. The van der Waals surface area contributed by atoms with Crippen LogP contribution < -0.4 is 5.32 Å². The molecule has 62 heavy (non-hydrogen) atoms. The van der Waals surface area contributed by atoms with Gasteiger partial charge in [-0.25, -0.2) is 4.79 Å². The summed E-state index contributed by atoms with van der Waals surface area (Å²) < 4.78 is 11.5. The van der Waals surface area contributed by atoms with Crippen molar-refractivity contribution in [3.8, 4) is 0 Å². The summed E-state index contributed by atoms with van der Waals surface area (Å²) in [5, 5.41) is 16.6. The number of rotatable bonds is 12. The molecule has 0 radical (unpaired) electrons. The molecule has 0 heterocycles. The Balaban J connectivity index is 1.00. The van der Waals surface area contributed by atoms with Gasteiger partial charge >= 0.3 is 11.9 Å². The molecule has 5 fully saturated rings. The van der Waals surface area contributed by atoms with Crippen LogP contribution in [0.15, 0.2) is 65.8 Å². The van der Waals surface area contributed by atoms with Gasteiger partial charge in [-0.2, -0.15) is 11.8 Å². The maximum atomic E-state index is 13.6. The number of esters is 2. The van der Waals surface area contributed by atoms with Gasteiger partial charge in [0.1, 0.15) is 12.0 Å². The van der Waals surface area contributed by atoms with E-state index in [1.54, 1.807) is 12.1 Å². The third kappa shape index (κ3) is 7.64. The molecule has 0 unspecified atom stereocenters. The van der Waals surface area contributed by atoms with Crippen LogP contribution in [0.3, 0.4) is 0 Å². The lowest BCUT2D eigenvalue weighted by molar-refractivity contribution is -0.221. The average Bonchev–Trinajstić information content (AvgIpc) is 3.64. The zero-order valence-corrected chi connectivity index (χ0v) is 40.7. The Bertz CT molecular complexity index is 1910. The SMILES string of the molecule is C=C(C)[C@@H]1CC[C@]2(NCC[C@]3(O)CC[C@@H](SC)CC3)CC[C@]3(C)[C@H](CC[C@@H]4[C@@]5(C)CC=C(C6=CC[C@@](COC(=O)c7ccccc7)(C(=O)OCC)CC6)C(C)(C)[C@@H]5CC[C@]43C)[C@@H]12. The summed E-state index contributed by atoms with van der Waals surface area (Å²) in [7, 11) is 0.